The Morgan fingerprint density at radius 3 is 2.55 bits per heavy atom. The summed E-state index contributed by atoms with van der Waals surface area (Å²) in [4.78, 5) is 14.1. The van der Waals surface area contributed by atoms with Crippen LogP contribution in [-0.2, 0) is 0 Å². The monoisotopic (exact) mass is 298 g/mol. The van der Waals surface area contributed by atoms with Gasteiger partial charge in [0.25, 0.3) is 0 Å². The second-order valence-electron chi connectivity index (χ2n) is 5.84. The molecule has 1 aliphatic rings. The molecule has 0 aliphatic carbocycles. The van der Waals surface area contributed by atoms with E-state index in [2.05, 4.69) is 23.5 Å². The van der Waals surface area contributed by atoms with E-state index >= 15 is 0 Å². The van der Waals surface area contributed by atoms with Crippen molar-refractivity contribution in [1.29, 1.82) is 0 Å². The number of ether oxygens (including phenoxy) is 1. The number of rotatable bonds is 3. The number of hydrogen-bond acceptors (Lipinski definition) is 2. The van der Waals surface area contributed by atoms with Gasteiger partial charge in [0.1, 0.15) is 5.75 Å². The van der Waals surface area contributed by atoms with Crippen molar-refractivity contribution in [3.05, 3.63) is 42.0 Å². The zero-order chi connectivity index (χ0) is 15.5. The molecule has 1 atom stereocenters. The normalized spacial score (nSPS) is 15.8. The van der Waals surface area contributed by atoms with Gasteiger partial charge < -0.3 is 15.0 Å². The van der Waals surface area contributed by atoms with Crippen molar-refractivity contribution in [3.8, 4) is 5.75 Å². The molecule has 0 saturated carbocycles. The average molecular weight is 298 g/mol. The maximum absolute atomic E-state index is 12.2. The third-order valence-corrected chi connectivity index (χ3v) is 4.30. The molecule has 4 heteroatoms. The van der Waals surface area contributed by atoms with E-state index in [0.29, 0.717) is 0 Å². The van der Waals surface area contributed by atoms with Gasteiger partial charge in [0.05, 0.1) is 13.2 Å². The molecule has 116 valence electrons. The predicted octanol–water partition coefficient (Wildman–Crippen LogP) is 3.71. The summed E-state index contributed by atoms with van der Waals surface area (Å²) in [5.41, 5.74) is 1.12. The molecule has 1 saturated heterocycles. The van der Waals surface area contributed by atoms with Gasteiger partial charge in [-0.1, -0.05) is 18.2 Å². The second kappa shape index (κ2) is 6.26. The molecule has 1 heterocycles. The van der Waals surface area contributed by atoms with Gasteiger partial charge >= 0.3 is 6.03 Å². The number of benzene rings is 2. The number of likely N-dealkylation sites (tertiary alicyclic amines) is 1. The molecule has 1 fully saturated rings. The number of methoxy groups -OCH3 is 1. The maximum atomic E-state index is 12.2. The average Bonchev–Trinajstić information content (AvgIpc) is 3.08. The van der Waals surface area contributed by atoms with E-state index in [-0.39, 0.29) is 12.1 Å². The Bertz CT molecular complexity index is 678. The van der Waals surface area contributed by atoms with Crippen molar-refractivity contribution in [3.63, 3.8) is 0 Å². The summed E-state index contributed by atoms with van der Waals surface area (Å²) in [5, 5.41) is 5.38. The number of carbonyl (C=O) groups excluding carboxylic acids is 1. The van der Waals surface area contributed by atoms with Crippen LogP contribution < -0.4 is 10.1 Å². The Balaban J connectivity index is 1.75. The third-order valence-electron chi connectivity index (χ3n) is 4.30. The maximum Gasteiger partial charge on any atom is 0.317 e. The molecule has 1 aliphatic heterocycles. The number of nitrogens with one attached hydrogen (secondary N) is 1. The first-order valence-electron chi connectivity index (χ1n) is 7.80. The van der Waals surface area contributed by atoms with Gasteiger partial charge in [0, 0.05) is 13.1 Å². The largest absolute Gasteiger partial charge is 0.497 e. The Morgan fingerprint density at radius 1 is 1.14 bits per heavy atom. The van der Waals surface area contributed by atoms with Gasteiger partial charge in [-0.2, -0.15) is 0 Å². The first-order valence-corrected chi connectivity index (χ1v) is 7.80. The van der Waals surface area contributed by atoms with Crippen molar-refractivity contribution >= 4 is 16.8 Å². The van der Waals surface area contributed by atoms with Crippen molar-refractivity contribution in [1.82, 2.24) is 10.2 Å². The van der Waals surface area contributed by atoms with Gasteiger partial charge in [-0.25, -0.2) is 4.79 Å². The van der Waals surface area contributed by atoms with E-state index in [1.54, 1.807) is 7.11 Å². The lowest BCUT2D eigenvalue weighted by molar-refractivity contribution is 0.205. The number of hydrogen-bond donors (Lipinski definition) is 1. The van der Waals surface area contributed by atoms with E-state index in [4.69, 9.17) is 4.74 Å². The van der Waals surface area contributed by atoms with Crippen LogP contribution >= 0.6 is 0 Å². The number of fused-ring (bicyclic) bond motifs is 1. The number of amides is 2. The summed E-state index contributed by atoms with van der Waals surface area (Å²) in [6.07, 6.45) is 2.22. The second-order valence-corrected chi connectivity index (χ2v) is 5.84. The highest BCUT2D eigenvalue weighted by atomic mass is 16.5. The lowest BCUT2D eigenvalue weighted by Crippen LogP contribution is -2.39. The molecule has 1 N–H and O–H groups in total. The van der Waals surface area contributed by atoms with E-state index in [0.717, 1.165) is 48.0 Å². The SMILES string of the molecule is COc1ccc2cc([C@H](C)NC(=O)N3CCCC3)ccc2c1. The van der Waals surface area contributed by atoms with E-state index in [1.165, 1.54) is 0 Å². The smallest absolute Gasteiger partial charge is 0.317 e. The highest BCUT2D eigenvalue weighted by Crippen LogP contribution is 2.24. The van der Waals surface area contributed by atoms with Crippen LogP contribution in [0.1, 0.15) is 31.4 Å². The van der Waals surface area contributed by atoms with E-state index in [1.807, 2.05) is 30.0 Å². The van der Waals surface area contributed by atoms with Crippen molar-refractivity contribution in [2.24, 2.45) is 0 Å². The summed E-state index contributed by atoms with van der Waals surface area (Å²) in [5.74, 6) is 0.857. The molecular weight excluding hydrogens is 276 g/mol. The van der Waals surface area contributed by atoms with Crippen molar-refractivity contribution < 1.29 is 9.53 Å². The van der Waals surface area contributed by atoms with Crippen LogP contribution in [0.15, 0.2) is 36.4 Å². The first-order chi connectivity index (χ1) is 10.7. The zero-order valence-corrected chi connectivity index (χ0v) is 13.1. The quantitative estimate of drug-likeness (QED) is 0.938. The minimum absolute atomic E-state index is 0.000369. The highest BCUT2D eigenvalue weighted by molar-refractivity contribution is 5.85. The van der Waals surface area contributed by atoms with Gasteiger partial charge in [-0.15, -0.1) is 0 Å². The standard InChI is InChI=1S/C18H22N2O2/c1-13(19-18(21)20-9-3-4-10-20)14-5-6-16-12-17(22-2)8-7-15(16)11-14/h5-8,11-13H,3-4,9-10H2,1-2H3,(H,19,21)/t13-/m0/s1. The third kappa shape index (κ3) is 3.01. The lowest BCUT2D eigenvalue weighted by atomic mass is 10.0. The number of nitrogens with zero attached hydrogens (tertiary/aromatic N) is 1. The summed E-state index contributed by atoms with van der Waals surface area (Å²) >= 11 is 0. The fraction of sp³-hybridized carbons (Fsp3) is 0.389. The van der Waals surface area contributed by atoms with Crippen LogP contribution in [-0.4, -0.2) is 31.1 Å². The fourth-order valence-electron chi connectivity index (χ4n) is 2.92. The number of carbonyl (C=O) groups is 1. The first kappa shape index (κ1) is 14.7. The van der Waals surface area contributed by atoms with Crippen molar-refractivity contribution in [2.75, 3.05) is 20.2 Å². The van der Waals surface area contributed by atoms with Gasteiger partial charge in [-0.05, 0) is 54.3 Å². The number of urea groups is 1. The van der Waals surface area contributed by atoms with Crippen LogP contribution in [0.25, 0.3) is 10.8 Å². The fourth-order valence-corrected chi connectivity index (χ4v) is 2.92. The molecule has 0 bridgehead atoms. The molecule has 4 nitrogen and oxygen atoms in total. The molecule has 0 radical (unpaired) electrons. The topological polar surface area (TPSA) is 41.6 Å². The van der Waals surface area contributed by atoms with Crippen LogP contribution in [0.5, 0.6) is 5.75 Å². The molecule has 0 spiro atoms. The van der Waals surface area contributed by atoms with Gasteiger partial charge in [0.2, 0.25) is 0 Å². The summed E-state index contributed by atoms with van der Waals surface area (Å²) in [6.45, 7) is 3.77. The molecule has 3 rings (SSSR count). The van der Waals surface area contributed by atoms with Crippen LogP contribution in [0.3, 0.4) is 0 Å². The minimum Gasteiger partial charge on any atom is -0.497 e. The Morgan fingerprint density at radius 2 is 1.82 bits per heavy atom. The molecule has 0 aromatic heterocycles. The van der Waals surface area contributed by atoms with E-state index < -0.39 is 0 Å². The van der Waals surface area contributed by atoms with Crippen LogP contribution in [0.2, 0.25) is 0 Å². The van der Waals surface area contributed by atoms with Gasteiger partial charge in [0.15, 0.2) is 0 Å². The highest BCUT2D eigenvalue weighted by Gasteiger charge is 2.19. The van der Waals surface area contributed by atoms with E-state index in [9.17, 15) is 4.79 Å². The molecular formula is C18H22N2O2. The minimum atomic E-state index is -0.000369. The Labute approximate surface area is 131 Å². The molecule has 0 unspecified atom stereocenters. The Hall–Kier alpha value is -2.23. The zero-order valence-electron chi connectivity index (χ0n) is 13.1. The van der Waals surface area contributed by atoms with Crippen LogP contribution in [0, 0.1) is 0 Å². The van der Waals surface area contributed by atoms with Crippen molar-refractivity contribution in [2.45, 2.75) is 25.8 Å². The molecule has 2 aromatic rings. The Kier molecular flexibility index (Phi) is 4.18. The summed E-state index contributed by atoms with van der Waals surface area (Å²) in [6, 6.07) is 12.3. The molecule has 22 heavy (non-hydrogen) atoms. The lowest BCUT2D eigenvalue weighted by Gasteiger charge is -2.21. The molecule has 2 aromatic carbocycles. The summed E-state index contributed by atoms with van der Waals surface area (Å²) < 4.78 is 5.25. The summed E-state index contributed by atoms with van der Waals surface area (Å²) in [7, 11) is 1.67. The molecule has 2 amide bonds. The van der Waals surface area contributed by atoms with Gasteiger partial charge in [-0.3, -0.25) is 0 Å². The van der Waals surface area contributed by atoms with Crippen LogP contribution in [0.4, 0.5) is 4.79 Å². The predicted molar refractivity (Wildman–Crippen MR) is 88.3 cm³/mol.